The smallest absolute Gasteiger partial charge is 0.341 e. The van der Waals surface area contributed by atoms with Gasteiger partial charge in [0.2, 0.25) is 5.79 Å². The summed E-state index contributed by atoms with van der Waals surface area (Å²) in [5.74, 6) is -2.78. The van der Waals surface area contributed by atoms with Crippen molar-refractivity contribution in [2.75, 3.05) is 6.61 Å². The van der Waals surface area contributed by atoms with Crippen LogP contribution in [0.3, 0.4) is 0 Å². The van der Waals surface area contributed by atoms with Gasteiger partial charge in [-0.2, -0.15) is 0 Å². The molecule has 1 aromatic carbocycles. The van der Waals surface area contributed by atoms with E-state index < -0.39 is 24.0 Å². The lowest BCUT2D eigenvalue weighted by Crippen LogP contribution is -2.40. The predicted molar refractivity (Wildman–Crippen MR) is 117 cm³/mol. The number of benzene rings is 1. The van der Waals surface area contributed by atoms with Gasteiger partial charge in [-0.3, -0.25) is 0 Å². The number of hydrogen-bond acceptors (Lipinski definition) is 5. The number of hydrogen-bond donors (Lipinski definition) is 1. The Labute approximate surface area is 180 Å². The molecular formula is C24H38O6. The molecule has 170 valence electrons. The SMILES string of the molecule is CCCCOC(C)OC(C)(CC(CC)CCCC)OC(=O)c1ccccc1C(=O)O. The number of aromatic carboxylic acids is 1. The van der Waals surface area contributed by atoms with Crippen molar-refractivity contribution >= 4 is 11.9 Å². The summed E-state index contributed by atoms with van der Waals surface area (Å²) in [5.41, 5.74) is -0.0731. The van der Waals surface area contributed by atoms with E-state index in [1.807, 2.05) is 0 Å². The third-order valence-electron chi connectivity index (χ3n) is 5.15. The molecule has 3 unspecified atom stereocenters. The Morgan fingerprint density at radius 2 is 1.70 bits per heavy atom. The summed E-state index contributed by atoms with van der Waals surface area (Å²) in [6.45, 7) is 10.4. The number of esters is 1. The van der Waals surface area contributed by atoms with Crippen molar-refractivity contribution in [2.45, 2.75) is 91.6 Å². The minimum atomic E-state index is -1.22. The summed E-state index contributed by atoms with van der Waals surface area (Å²) in [6, 6.07) is 6.05. The Morgan fingerprint density at radius 3 is 2.27 bits per heavy atom. The van der Waals surface area contributed by atoms with E-state index in [0.717, 1.165) is 38.5 Å². The van der Waals surface area contributed by atoms with Crippen LogP contribution >= 0.6 is 0 Å². The highest BCUT2D eigenvalue weighted by atomic mass is 16.8. The summed E-state index contributed by atoms with van der Waals surface area (Å²) >= 11 is 0. The first-order valence-corrected chi connectivity index (χ1v) is 11.1. The minimum absolute atomic E-state index is 0.0148. The molecule has 0 spiro atoms. The van der Waals surface area contributed by atoms with Gasteiger partial charge in [0.15, 0.2) is 6.29 Å². The standard InChI is InChI=1S/C24H38O6/c1-6-9-13-19(8-3)17-24(5,29-18(4)28-16-10-7-2)30-23(27)21-15-12-11-14-20(21)22(25)26/h11-12,14-15,18-19H,6-10,13,16-17H2,1-5H3,(H,25,26). The molecule has 0 saturated carbocycles. The molecule has 0 aliphatic rings. The molecular weight excluding hydrogens is 384 g/mol. The highest BCUT2D eigenvalue weighted by Crippen LogP contribution is 2.31. The van der Waals surface area contributed by atoms with Crippen LogP contribution in [-0.2, 0) is 14.2 Å². The zero-order chi connectivity index (χ0) is 22.6. The van der Waals surface area contributed by atoms with Gasteiger partial charge in [-0.25, -0.2) is 9.59 Å². The maximum absolute atomic E-state index is 12.9. The van der Waals surface area contributed by atoms with E-state index in [1.54, 1.807) is 26.0 Å². The predicted octanol–water partition coefficient (Wildman–Crippen LogP) is 6.04. The van der Waals surface area contributed by atoms with Crippen LogP contribution in [0.1, 0.15) is 100 Å². The van der Waals surface area contributed by atoms with Crippen LogP contribution in [0, 0.1) is 5.92 Å². The Bertz CT molecular complexity index is 659. The van der Waals surface area contributed by atoms with Gasteiger partial charge in [0, 0.05) is 20.0 Å². The van der Waals surface area contributed by atoms with Crippen LogP contribution in [0.25, 0.3) is 0 Å². The van der Waals surface area contributed by atoms with Crippen LogP contribution in [-0.4, -0.2) is 35.7 Å². The average Bonchev–Trinajstić information content (AvgIpc) is 2.71. The maximum atomic E-state index is 12.9. The fourth-order valence-corrected chi connectivity index (χ4v) is 3.46. The molecule has 6 nitrogen and oxygen atoms in total. The molecule has 1 N–H and O–H groups in total. The lowest BCUT2D eigenvalue weighted by molar-refractivity contribution is -0.281. The van der Waals surface area contributed by atoms with Gasteiger partial charge in [0.1, 0.15) is 0 Å². The van der Waals surface area contributed by atoms with Crippen LogP contribution < -0.4 is 0 Å². The molecule has 3 atom stereocenters. The number of carbonyl (C=O) groups excluding carboxylic acids is 1. The van der Waals surface area contributed by atoms with Crippen LogP contribution in [0.15, 0.2) is 24.3 Å². The van der Waals surface area contributed by atoms with E-state index in [4.69, 9.17) is 14.2 Å². The highest BCUT2D eigenvalue weighted by molar-refractivity contribution is 6.02. The van der Waals surface area contributed by atoms with Gasteiger partial charge in [0.05, 0.1) is 11.1 Å². The topological polar surface area (TPSA) is 82.1 Å². The minimum Gasteiger partial charge on any atom is -0.478 e. The molecule has 1 rings (SSSR count). The van der Waals surface area contributed by atoms with E-state index in [1.165, 1.54) is 12.1 Å². The van der Waals surface area contributed by atoms with Crippen molar-refractivity contribution in [1.82, 2.24) is 0 Å². The lowest BCUT2D eigenvalue weighted by atomic mass is 9.92. The second kappa shape index (κ2) is 13.4. The molecule has 0 heterocycles. The van der Waals surface area contributed by atoms with Crippen molar-refractivity contribution in [3.63, 3.8) is 0 Å². The molecule has 0 amide bonds. The van der Waals surface area contributed by atoms with Crippen molar-refractivity contribution in [3.05, 3.63) is 35.4 Å². The first-order valence-electron chi connectivity index (χ1n) is 11.1. The molecule has 0 aromatic heterocycles. The summed E-state index contributed by atoms with van der Waals surface area (Å²) in [4.78, 5) is 24.4. The molecule has 0 saturated heterocycles. The molecule has 0 fully saturated rings. The van der Waals surface area contributed by atoms with Gasteiger partial charge in [-0.05, 0) is 31.4 Å². The summed E-state index contributed by atoms with van der Waals surface area (Å²) in [5, 5.41) is 9.40. The Kier molecular flexibility index (Phi) is 11.7. The zero-order valence-electron chi connectivity index (χ0n) is 19.1. The largest absolute Gasteiger partial charge is 0.478 e. The number of carboxylic acids is 1. The van der Waals surface area contributed by atoms with Crippen molar-refractivity contribution in [2.24, 2.45) is 5.92 Å². The third-order valence-corrected chi connectivity index (χ3v) is 5.15. The van der Waals surface area contributed by atoms with Gasteiger partial charge >= 0.3 is 11.9 Å². The number of carboxylic acid groups (broad SMARTS) is 1. The average molecular weight is 423 g/mol. The number of ether oxygens (including phenoxy) is 3. The highest BCUT2D eigenvalue weighted by Gasteiger charge is 2.36. The monoisotopic (exact) mass is 422 g/mol. The van der Waals surface area contributed by atoms with E-state index in [9.17, 15) is 14.7 Å². The number of unbranched alkanes of at least 4 members (excludes halogenated alkanes) is 2. The molecule has 1 aromatic rings. The van der Waals surface area contributed by atoms with Gasteiger partial charge in [-0.15, -0.1) is 0 Å². The van der Waals surface area contributed by atoms with Crippen molar-refractivity contribution in [1.29, 1.82) is 0 Å². The van der Waals surface area contributed by atoms with Crippen molar-refractivity contribution in [3.8, 4) is 0 Å². The number of carbonyl (C=O) groups is 2. The van der Waals surface area contributed by atoms with Crippen molar-refractivity contribution < 1.29 is 28.9 Å². The normalized spacial score (nSPS) is 15.2. The van der Waals surface area contributed by atoms with Crippen LogP contribution in [0.5, 0.6) is 0 Å². The molecule has 30 heavy (non-hydrogen) atoms. The van der Waals surface area contributed by atoms with Gasteiger partial charge < -0.3 is 19.3 Å². The van der Waals surface area contributed by atoms with E-state index in [-0.39, 0.29) is 11.1 Å². The first-order chi connectivity index (χ1) is 14.3. The second-order valence-corrected chi connectivity index (χ2v) is 7.90. The fraction of sp³-hybridized carbons (Fsp3) is 0.667. The molecule has 6 heteroatoms. The van der Waals surface area contributed by atoms with E-state index >= 15 is 0 Å². The summed E-state index contributed by atoms with van der Waals surface area (Å²) < 4.78 is 17.6. The first kappa shape index (κ1) is 26.1. The zero-order valence-corrected chi connectivity index (χ0v) is 19.1. The Hall–Kier alpha value is -1.92. The Morgan fingerprint density at radius 1 is 1.07 bits per heavy atom. The van der Waals surface area contributed by atoms with Crippen LogP contribution in [0.2, 0.25) is 0 Å². The van der Waals surface area contributed by atoms with Crippen LogP contribution in [0.4, 0.5) is 0 Å². The fourth-order valence-electron chi connectivity index (χ4n) is 3.46. The summed E-state index contributed by atoms with van der Waals surface area (Å²) in [7, 11) is 0. The molecule has 0 radical (unpaired) electrons. The maximum Gasteiger partial charge on any atom is 0.341 e. The van der Waals surface area contributed by atoms with E-state index in [0.29, 0.717) is 18.9 Å². The molecule has 0 aliphatic heterocycles. The second-order valence-electron chi connectivity index (χ2n) is 7.90. The lowest BCUT2D eigenvalue weighted by Gasteiger charge is -2.35. The quantitative estimate of drug-likeness (QED) is 0.211. The Balaban J connectivity index is 3.03. The van der Waals surface area contributed by atoms with Gasteiger partial charge in [-0.1, -0.05) is 65.0 Å². The third kappa shape index (κ3) is 8.84. The van der Waals surface area contributed by atoms with Gasteiger partial charge in [0.25, 0.3) is 0 Å². The molecule has 0 aliphatic carbocycles. The van der Waals surface area contributed by atoms with E-state index in [2.05, 4.69) is 20.8 Å². The summed E-state index contributed by atoms with van der Waals surface area (Å²) in [6.07, 6.45) is 6.04. The number of rotatable bonds is 15. The molecule has 0 bridgehead atoms.